The van der Waals surface area contributed by atoms with Crippen LogP contribution in [0.5, 0.6) is 0 Å². The van der Waals surface area contributed by atoms with E-state index in [1.54, 1.807) is 19.1 Å². The van der Waals surface area contributed by atoms with Gasteiger partial charge in [0.05, 0.1) is 18.1 Å². The molecule has 0 saturated carbocycles. The van der Waals surface area contributed by atoms with Crippen molar-refractivity contribution in [2.75, 3.05) is 13.2 Å². The molecule has 1 aromatic rings. The van der Waals surface area contributed by atoms with Gasteiger partial charge in [0.25, 0.3) is 10.1 Å². The Balaban J connectivity index is 2.06. The van der Waals surface area contributed by atoms with Crippen molar-refractivity contribution in [2.24, 2.45) is 0 Å². The number of aryl methyl sites for hydroxylation is 1. The molecular weight excluding hydrogens is 429 g/mol. The van der Waals surface area contributed by atoms with Gasteiger partial charge in [-0.3, -0.25) is 8.37 Å². The van der Waals surface area contributed by atoms with Crippen LogP contribution >= 0.6 is 0 Å². The van der Waals surface area contributed by atoms with Crippen LogP contribution in [0.15, 0.2) is 29.2 Å². The van der Waals surface area contributed by atoms with Gasteiger partial charge in [0.15, 0.2) is 5.79 Å². The Morgan fingerprint density at radius 2 is 1.43 bits per heavy atom. The van der Waals surface area contributed by atoms with Gasteiger partial charge in [0.2, 0.25) is 0 Å². The minimum atomic E-state index is -5.83. The van der Waals surface area contributed by atoms with Gasteiger partial charge in [0.1, 0.15) is 12.2 Å². The van der Waals surface area contributed by atoms with E-state index in [1.807, 2.05) is 0 Å². The molecule has 2 rings (SSSR count). The van der Waals surface area contributed by atoms with E-state index in [1.165, 1.54) is 26.0 Å². The average molecular weight is 448 g/mol. The van der Waals surface area contributed by atoms with Crippen LogP contribution < -0.4 is 0 Å². The van der Waals surface area contributed by atoms with Gasteiger partial charge >= 0.3 is 15.6 Å². The maximum absolute atomic E-state index is 12.4. The first-order valence-electron chi connectivity index (χ1n) is 7.90. The fourth-order valence-corrected chi connectivity index (χ4v) is 3.71. The molecule has 13 heteroatoms. The van der Waals surface area contributed by atoms with E-state index in [0.29, 0.717) is 0 Å². The highest BCUT2D eigenvalue weighted by molar-refractivity contribution is 7.87. The summed E-state index contributed by atoms with van der Waals surface area (Å²) >= 11 is 0. The minimum Gasteiger partial charge on any atom is -0.342 e. The molecule has 1 aliphatic heterocycles. The fourth-order valence-electron chi connectivity index (χ4n) is 2.34. The molecule has 160 valence electrons. The summed E-state index contributed by atoms with van der Waals surface area (Å²) in [7, 11) is -10.00. The van der Waals surface area contributed by atoms with Crippen LogP contribution in [-0.2, 0) is 38.1 Å². The number of hydrogen-bond acceptors (Lipinski definition) is 8. The molecule has 1 saturated heterocycles. The highest BCUT2D eigenvalue weighted by Gasteiger charge is 2.49. The summed E-state index contributed by atoms with van der Waals surface area (Å²) in [6, 6.07) is 5.79. The Bertz CT molecular complexity index is 892. The summed E-state index contributed by atoms with van der Waals surface area (Å²) in [6.45, 7) is 2.98. The van der Waals surface area contributed by atoms with Crippen molar-refractivity contribution >= 4 is 20.2 Å². The second kappa shape index (κ2) is 7.88. The van der Waals surface area contributed by atoms with E-state index in [4.69, 9.17) is 13.7 Å². The summed E-state index contributed by atoms with van der Waals surface area (Å²) in [4.78, 5) is -0.122. The monoisotopic (exact) mass is 448 g/mol. The summed E-state index contributed by atoms with van der Waals surface area (Å²) < 4.78 is 103. The topological polar surface area (TPSA) is 105 Å². The third-order valence-electron chi connectivity index (χ3n) is 3.65. The minimum absolute atomic E-state index is 0.122. The number of ether oxygens (including phenoxy) is 2. The Labute approximate surface area is 160 Å². The lowest BCUT2D eigenvalue weighted by atomic mass is 10.2. The van der Waals surface area contributed by atoms with Gasteiger partial charge in [-0.15, -0.1) is 0 Å². The molecule has 1 heterocycles. The summed E-state index contributed by atoms with van der Waals surface area (Å²) in [5.74, 6) is -1.31. The summed E-state index contributed by atoms with van der Waals surface area (Å²) in [5.41, 5.74) is -4.76. The van der Waals surface area contributed by atoms with Crippen molar-refractivity contribution in [3.63, 3.8) is 0 Å². The molecule has 1 aliphatic rings. The molecule has 28 heavy (non-hydrogen) atoms. The number of alkyl halides is 3. The maximum Gasteiger partial charge on any atom is 0.523 e. The molecule has 0 bridgehead atoms. The highest BCUT2D eigenvalue weighted by Crippen LogP contribution is 2.31. The largest absolute Gasteiger partial charge is 0.523 e. The lowest BCUT2D eigenvalue weighted by Crippen LogP contribution is -2.35. The number of hydrogen-bond donors (Lipinski definition) is 0. The second-order valence-electron chi connectivity index (χ2n) is 6.45. The van der Waals surface area contributed by atoms with Gasteiger partial charge in [-0.1, -0.05) is 17.7 Å². The molecule has 1 fully saturated rings. The molecule has 8 nitrogen and oxygen atoms in total. The second-order valence-corrected chi connectivity index (χ2v) is 9.67. The first-order valence-corrected chi connectivity index (χ1v) is 10.7. The van der Waals surface area contributed by atoms with Crippen LogP contribution in [0.3, 0.4) is 0 Å². The van der Waals surface area contributed by atoms with Crippen molar-refractivity contribution in [3.05, 3.63) is 29.8 Å². The Hall–Kier alpha value is -1.25. The smallest absolute Gasteiger partial charge is 0.342 e. The molecule has 0 aromatic heterocycles. The zero-order valence-electron chi connectivity index (χ0n) is 15.1. The highest BCUT2D eigenvalue weighted by atomic mass is 32.2. The van der Waals surface area contributed by atoms with Crippen LogP contribution in [0.25, 0.3) is 0 Å². The van der Waals surface area contributed by atoms with Crippen LogP contribution in [0, 0.1) is 6.92 Å². The molecule has 2 atom stereocenters. The third kappa shape index (κ3) is 5.64. The van der Waals surface area contributed by atoms with Gasteiger partial charge < -0.3 is 9.47 Å². The molecule has 0 N–H and O–H groups in total. The average Bonchev–Trinajstić information content (AvgIpc) is 2.85. The zero-order valence-corrected chi connectivity index (χ0v) is 16.7. The number of benzene rings is 1. The molecular formula is C15H19F3O8S2. The SMILES string of the molecule is Cc1ccc(S(=O)(=O)OC[C@H]2OC(C)(C)O[C@@H]2COS(=O)(=O)C(F)(F)F)cc1. The van der Waals surface area contributed by atoms with Crippen LogP contribution in [0.1, 0.15) is 19.4 Å². The maximum atomic E-state index is 12.4. The molecule has 0 radical (unpaired) electrons. The van der Waals surface area contributed by atoms with E-state index in [9.17, 15) is 30.0 Å². The lowest BCUT2D eigenvalue weighted by molar-refractivity contribution is -0.150. The van der Waals surface area contributed by atoms with E-state index >= 15 is 0 Å². The van der Waals surface area contributed by atoms with E-state index in [-0.39, 0.29) is 4.90 Å². The van der Waals surface area contributed by atoms with Gasteiger partial charge in [-0.25, -0.2) is 0 Å². The Morgan fingerprint density at radius 3 is 1.89 bits per heavy atom. The quantitative estimate of drug-likeness (QED) is 0.461. The predicted octanol–water partition coefficient (Wildman–Crippen LogP) is 2.09. The summed E-state index contributed by atoms with van der Waals surface area (Å²) in [6.07, 6.45) is -2.49. The van der Waals surface area contributed by atoms with E-state index < -0.39 is 57.0 Å². The molecule has 1 aromatic carbocycles. The first kappa shape index (κ1) is 23.0. The van der Waals surface area contributed by atoms with Gasteiger partial charge in [0, 0.05) is 0 Å². The van der Waals surface area contributed by atoms with Crippen molar-refractivity contribution in [3.8, 4) is 0 Å². The molecule has 0 amide bonds. The van der Waals surface area contributed by atoms with Crippen LogP contribution in [0.4, 0.5) is 13.2 Å². The van der Waals surface area contributed by atoms with Crippen molar-refractivity contribution in [1.82, 2.24) is 0 Å². The predicted molar refractivity (Wildman–Crippen MR) is 89.1 cm³/mol. The zero-order chi connectivity index (χ0) is 21.4. The van der Waals surface area contributed by atoms with Crippen molar-refractivity contribution < 1.29 is 47.8 Å². The summed E-state index contributed by atoms with van der Waals surface area (Å²) in [5, 5.41) is 0. The van der Waals surface area contributed by atoms with Crippen molar-refractivity contribution in [2.45, 2.75) is 49.2 Å². The number of rotatable bonds is 7. The number of halogens is 3. The van der Waals surface area contributed by atoms with E-state index in [2.05, 4.69) is 4.18 Å². The fraction of sp³-hybridized carbons (Fsp3) is 0.600. The van der Waals surface area contributed by atoms with Crippen molar-refractivity contribution in [1.29, 1.82) is 0 Å². The van der Waals surface area contributed by atoms with Gasteiger partial charge in [-0.2, -0.15) is 30.0 Å². The normalized spacial score (nSPS) is 23.1. The first-order chi connectivity index (χ1) is 12.6. The van der Waals surface area contributed by atoms with E-state index in [0.717, 1.165) is 5.56 Å². The molecule has 0 unspecified atom stereocenters. The molecule has 0 aliphatic carbocycles. The standard InChI is InChI=1S/C15H19F3O8S2/c1-10-4-6-11(7-5-10)27(19,20)23-8-12-13(26-14(2,3)25-12)9-24-28(21,22)15(16,17)18/h4-7,12-13H,8-9H2,1-3H3/t12-,13-/m1/s1. The molecule has 0 spiro atoms. The van der Waals surface area contributed by atoms with Crippen LogP contribution in [-0.4, -0.2) is 53.6 Å². The Kier molecular flexibility index (Phi) is 6.48. The third-order valence-corrected chi connectivity index (χ3v) is 5.96. The van der Waals surface area contributed by atoms with Gasteiger partial charge in [-0.05, 0) is 32.9 Å². The van der Waals surface area contributed by atoms with Crippen LogP contribution in [0.2, 0.25) is 0 Å². The Morgan fingerprint density at radius 1 is 0.964 bits per heavy atom. The lowest BCUT2D eigenvalue weighted by Gasteiger charge is -2.17.